The average Bonchev–Trinajstić information content (AvgIpc) is 3.27. The molecule has 0 saturated heterocycles. The number of carbonyl (C=O) groups is 1. The number of terminal acetylenes is 1. The third kappa shape index (κ3) is 5.29. The molecule has 1 aromatic carbocycles. The van der Waals surface area contributed by atoms with Gasteiger partial charge in [-0.3, -0.25) is 14.6 Å². The number of nitrogens with zero attached hydrogens (tertiary/aromatic N) is 2. The molecule has 3 N–H and O–H groups in total. The number of anilines is 2. The summed E-state index contributed by atoms with van der Waals surface area (Å²) in [5.74, 6) is 3.05. The van der Waals surface area contributed by atoms with Crippen LogP contribution in [0.15, 0.2) is 66.4 Å². The maximum Gasteiger partial charge on any atom is 0.259 e. The number of para-hydroxylation sites is 1. The highest BCUT2D eigenvalue weighted by Crippen LogP contribution is 2.42. The average molecular weight is 518 g/mol. The first-order chi connectivity index (χ1) is 18.0. The van der Waals surface area contributed by atoms with Crippen molar-refractivity contribution in [3.8, 4) is 35.1 Å². The third-order valence-corrected chi connectivity index (χ3v) is 5.89. The summed E-state index contributed by atoms with van der Waals surface area (Å²) in [6.45, 7) is 4.05. The maximum atomic E-state index is 12.9. The Kier molecular flexibility index (Phi) is 7.81. The van der Waals surface area contributed by atoms with Gasteiger partial charge in [-0.25, -0.2) is 0 Å². The molecule has 188 valence electrons. The number of ether oxygens (including phenoxy) is 2. The molecule has 0 aliphatic heterocycles. The van der Waals surface area contributed by atoms with E-state index < -0.39 is 0 Å². The molecular formula is C27H24ClN5O4. The molecule has 3 heterocycles. The minimum atomic E-state index is -0.287. The first-order valence-electron chi connectivity index (χ1n) is 11.2. The number of hydrogen-bond donors (Lipinski definition) is 3. The van der Waals surface area contributed by atoms with Crippen LogP contribution in [0.1, 0.15) is 0 Å². The van der Waals surface area contributed by atoms with Gasteiger partial charge in [0, 0.05) is 18.0 Å². The molecule has 37 heavy (non-hydrogen) atoms. The van der Waals surface area contributed by atoms with Gasteiger partial charge in [0.15, 0.2) is 5.75 Å². The molecule has 10 heteroatoms. The van der Waals surface area contributed by atoms with Crippen molar-refractivity contribution in [2.75, 3.05) is 32.1 Å². The van der Waals surface area contributed by atoms with E-state index in [1.807, 2.05) is 0 Å². The lowest BCUT2D eigenvalue weighted by atomic mass is 10.1. The van der Waals surface area contributed by atoms with E-state index in [2.05, 4.69) is 32.8 Å². The number of fused-ring (bicyclic) bond motifs is 1. The molecule has 4 aromatic rings. The van der Waals surface area contributed by atoms with Gasteiger partial charge in [0.05, 0.1) is 59.4 Å². The zero-order valence-electron chi connectivity index (χ0n) is 20.0. The van der Waals surface area contributed by atoms with Gasteiger partial charge in [-0.15, -0.1) is 6.42 Å². The molecule has 0 spiro atoms. The molecule has 0 aliphatic rings. The van der Waals surface area contributed by atoms with Gasteiger partial charge in [0.1, 0.15) is 12.4 Å². The Morgan fingerprint density at radius 1 is 1.35 bits per heavy atom. The summed E-state index contributed by atoms with van der Waals surface area (Å²) >= 11 is 6.32. The predicted molar refractivity (Wildman–Crippen MR) is 145 cm³/mol. The van der Waals surface area contributed by atoms with E-state index in [1.165, 1.54) is 18.1 Å². The fourth-order valence-electron chi connectivity index (χ4n) is 3.90. The van der Waals surface area contributed by atoms with Crippen LogP contribution in [0.25, 0.3) is 22.2 Å². The van der Waals surface area contributed by atoms with Crippen LogP contribution in [0.2, 0.25) is 5.02 Å². The molecule has 0 atom stereocenters. The summed E-state index contributed by atoms with van der Waals surface area (Å²) in [4.78, 5) is 36.6. The van der Waals surface area contributed by atoms with Crippen LogP contribution in [0, 0.1) is 12.3 Å². The number of rotatable bonds is 10. The van der Waals surface area contributed by atoms with Crippen molar-refractivity contribution in [2.45, 2.75) is 0 Å². The van der Waals surface area contributed by atoms with Crippen LogP contribution in [0.5, 0.6) is 11.5 Å². The topological polar surface area (TPSA) is 112 Å². The zero-order chi connectivity index (χ0) is 26.4. The molecule has 0 radical (unpaired) electrons. The smallest absolute Gasteiger partial charge is 0.259 e. The van der Waals surface area contributed by atoms with Crippen molar-refractivity contribution in [3.05, 3.63) is 77.0 Å². The summed E-state index contributed by atoms with van der Waals surface area (Å²) in [7, 11) is 1.52. The Bertz CT molecular complexity index is 1550. The largest absolute Gasteiger partial charge is 0.493 e. The van der Waals surface area contributed by atoms with Crippen molar-refractivity contribution in [1.82, 2.24) is 19.9 Å². The number of carbonyl (C=O) groups excluding carboxylic acids is 1. The number of hydrogen-bond acceptors (Lipinski definition) is 6. The Balaban J connectivity index is 1.75. The number of methoxy groups -OCH3 is 1. The van der Waals surface area contributed by atoms with Crippen molar-refractivity contribution in [1.29, 1.82) is 0 Å². The van der Waals surface area contributed by atoms with Gasteiger partial charge in [-0.05, 0) is 30.3 Å². The Hall–Kier alpha value is -4.68. The van der Waals surface area contributed by atoms with Crippen LogP contribution < -0.4 is 20.3 Å². The second-order valence-corrected chi connectivity index (χ2v) is 8.21. The standard InChI is InChI=1S/C27H24ClN5O4/c1-4-13-33(22(34)5-2)14-15-37-21-16-29-11-9-17(21)24-25(23-19(31-24)10-12-30-27(23)35)32-20-8-6-7-18(28)26(20)36-3/h1,5-12,16,31-32H,2,13-15H2,3H3,(H,30,35). The van der Waals surface area contributed by atoms with Crippen LogP contribution in [-0.2, 0) is 4.79 Å². The van der Waals surface area contributed by atoms with E-state index in [0.29, 0.717) is 50.1 Å². The number of pyridine rings is 2. The van der Waals surface area contributed by atoms with Crippen LogP contribution in [-0.4, -0.2) is 52.6 Å². The third-order valence-electron chi connectivity index (χ3n) is 5.59. The lowest BCUT2D eigenvalue weighted by Gasteiger charge is -2.19. The molecule has 0 unspecified atom stereocenters. The van der Waals surface area contributed by atoms with E-state index in [0.717, 1.165) is 0 Å². The van der Waals surface area contributed by atoms with Crippen molar-refractivity contribution in [3.63, 3.8) is 0 Å². The van der Waals surface area contributed by atoms with E-state index in [1.54, 1.807) is 48.9 Å². The fraction of sp³-hybridized carbons (Fsp3) is 0.148. The van der Waals surface area contributed by atoms with Crippen molar-refractivity contribution in [2.24, 2.45) is 0 Å². The van der Waals surface area contributed by atoms with Crippen LogP contribution >= 0.6 is 11.6 Å². The highest BCUT2D eigenvalue weighted by molar-refractivity contribution is 6.32. The molecule has 1 amide bonds. The van der Waals surface area contributed by atoms with Crippen LogP contribution in [0.4, 0.5) is 11.4 Å². The number of aromatic amines is 2. The quantitative estimate of drug-likeness (QED) is 0.213. The van der Waals surface area contributed by atoms with Crippen molar-refractivity contribution < 1.29 is 14.3 Å². The summed E-state index contributed by atoms with van der Waals surface area (Å²) in [5.41, 5.74) is 2.64. The van der Waals surface area contributed by atoms with Gasteiger partial charge in [-0.1, -0.05) is 30.2 Å². The van der Waals surface area contributed by atoms with E-state index in [9.17, 15) is 9.59 Å². The number of H-pyrrole nitrogens is 2. The van der Waals surface area contributed by atoms with Crippen LogP contribution in [0.3, 0.4) is 0 Å². The van der Waals surface area contributed by atoms with Crippen molar-refractivity contribution >= 4 is 39.8 Å². The number of amides is 1. The maximum absolute atomic E-state index is 12.9. The fourth-order valence-corrected chi connectivity index (χ4v) is 4.15. The highest BCUT2D eigenvalue weighted by Gasteiger charge is 2.21. The lowest BCUT2D eigenvalue weighted by Crippen LogP contribution is -2.33. The predicted octanol–water partition coefficient (Wildman–Crippen LogP) is 4.35. The van der Waals surface area contributed by atoms with E-state index in [4.69, 9.17) is 27.5 Å². The Morgan fingerprint density at radius 3 is 2.95 bits per heavy atom. The second kappa shape index (κ2) is 11.4. The normalized spacial score (nSPS) is 10.5. The lowest BCUT2D eigenvalue weighted by molar-refractivity contribution is -0.125. The monoisotopic (exact) mass is 517 g/mol. The summed E-state index contributed by atoms with van der Waals surface area (Å²) < 4.78 is 11.5. The minimum absolute atomic E-state index is 0.133. The first-order valence-corrected chi connectivity index (χ1v) is 11.6. The Morgan fingerprint density at radius 2 is 2.19 bits per heavy atom. The van der Waals surface area contributed by atoms with Gasteiger partial charge >= 0.3 is 0 Å². The van der Waals surface area contributed by atoms with Gasteiger partial charge in [0.25, 0.3) is 5.56 Å². The summed E-state index contributed by atoms with van der Waals surface area (Å²) in [6.07, 6.45) is 11.3. The molecule has 0 bridgehead atoms. The first kappa shape index (κ1) is 25.4. The van der Waals surface area contributed by atoms with E-state index >= 15 is 0 Å². The van der Waals surface area contributed by atoms with Gasteiger partial charge < -0.3 is 29.7 Å². The number of aromatic nitrogens is 3. The minimum Gasteiger partial charge on any atom is -0.493 e. The Labute approximate surface area is 218 Å². The number of nitrogens with one attached hydrogen (secondary N) is 3. The summed E-state index contributed by atoms with van der Waals surface area (Å²) in [5, 5.41) is 4.15. The zero-order valence-corrected chi connectivity index (χ0v) is 20.8. The van der Waals surface area contributed by atoms with E-state index in [-0.39, 0.29) is 31.2 Å². The highest BCUT2D eigenvalue weighted by atomic mass is 35.5. The summed E-state index contributed by atoms with van der Waals surface area (Å²) in [6, 6.07) is 8.82. The molecule has 0 aliphatic carbocycles. The molecular weight excluding hydrogens is 494 g/mol. The second-order valence-electron chi connectivity index (χ2n) is 7.80. The molecule has 0 fully saturated rings. The molecule has 0 saturated carbocycles. The number of benzene rings is 1. The molecule has 4 rings (SSSR count). The van der Waals surface area contributed by atoms with Gasteiger partial charge in [0.2, 0.25) is 5.91 Å². The molecule has 3 aromatic heterocycles. The molecule has 9 nitrogen and oxygen atoms in total. The number of halogens is 1. The SMILES string of the molecule is C#CCN(CCOc1cnccc1-c1[nH]c2cc[nH]c(=O)c2c1Nc1cccc(Cl)c1OC)C(=O)C=C. The van der Waals surface area contributed by atoms with Gasteiger partial charge in [-0.2, -0.15) is 0 Å².